The van der Waals surface area contributed by atoms with Crippen molar-refractivity contribution in [2.24, 2.45) is 0 Å². The van der Waals surface area contributed by atoms with Crippen LogP contribution in [0, 0.1) is 13.8 Å². The number of aryl methyl sites for hydroxylation is 1. The second-order valence-electron chi connectivity index (χ2n) is 7.87. The van der Waals surface area contributed by atoms with Crippen LogP contribution in [0.25, 0.3) is 0 Å². The summed E-state index contributed by atoms with van der Waals surface area (Å²) in [6.07, 6.45) is 3.39. The first kappa shape index (κ1) is 23.4. The van der Waals surface area contributed by atoms with Gasteiger partial charge in [-0.25, -0.2) is 4.79 Å². The first-order valence-corrected chi connectivity index (χ1v) is 12.7. The fourth-order valence-electron chi connectivity index (χ4n) is 4.11. The summed E-state index contributed by atoms with van der Waals surface area (Å²) in [5.41, 5.74) is 3.33. The topological polar surface area (TPSA) is 74.8 Å². The molecule has 4 heterocycles. The van der Waals surface area contributed by atoms with E-state index in [0.29, 0.717) is 37.7 Å². The molecule has 2 amide bonds. The molecule has 0 spiro atoms. The summed E-state index contributed by atoms with van der Waals surface area (Å²) < 4.78 is 5.18. The van der Waals surface area contributed by atoms with E-state index in [1.165, 1.54) is 21.8 Å². The van der Waals surface area contributed by atoms with Crippen LogP contribution in [0.5, 0.6) is 0 Å². The average molecular weight is 485 g/mol. The zero-order chi connectivity index (χ0) is 23.4. The van der Waals surface area contributed by atoms with Crippen LogP contribution in [-0.4, -0.2) is 59.6 Å². The van der Waals surface area contributed by atoms with Gasteiger partial charge >= 0.3 is 6.09 Å². The number of hydrogen-bond acceptors (Lipinski definition) is 7. The fraction of sp³-hybridized carbons (Fsp3) is 0.375. The van der Waals surface area contributed by atoms with Gasteiger partial charge < -0.3 is 15.0 Å². The Hall–Kier alpha value is -2.75. The molecule has 0 aromatic carbocycles. The van der Waals surface area contributed by atoms with Crippen molar-refractivity contribution < 1.29 is 14.3 Å². The lowest BCUT2D eigenvalue weighted by molar-refractivity contribution is 0.0714. The van der Waals surface area contributed by atoms with Gasteiger partial charge in [0.15, 0.2) is 0 Å². The van der Waals surface area contributed by atoms with Crippen molar-refractivity contribution in [1.29, 1.82) is 0 Å². The molecule has 33 heavy (non-hydrogen) atoms. The minimum Gasteiger partial charge on any atom is -0.450 e. The molecule has 1 aliphatic heterocycles. The molecular weight excluding hydrogens is 456 g/mol. The lowest BCUT2D eigenvalue weighted by Gasteiger charge is -2.39. The van der Waals surface area contributed by atoms with Crippen LogP contribution < -0.4 is 5.32 Å². The monoisotopic (exact) mass is 484 g/mol. The highest BCUT2D eigenvalue weighted by atomic mass is 32.1. The lowest BCUT2D eigenvalue weighted by atomic mass is 9.95. The van der Waals surface area contributed by atoms with Crippen molar-refractivity contribution in [1.82, 2.24) is 14.8 Å². The van der Waals surface area contributed by atoms with E-state index >= 15 is 0 Å². The maximum Gasteiger partial charge on any atom is 0.409 e. The summed E-state index contributed by atoms with van der Waals surface area (Å²) in [5, 5.41) is 5.94. The van der Waals surface area contributed by atoms with Gasteiger partial charge in [-0.2, -0.15) is 0 Å². The smallest absolute Gasteiger partial charge is 0.409 e. The van der Waals surface area contributed by atoms with E-state index in [2.05, 4.69) is 35.1 Å². The van der Waals surface area contributed by atoms with E-state index in [9.17, 15) is 9.59 Å². The van der Waals surface area contributed by atoms with Gasteiger partial charge in [-0.1, -0.05) is 12.1 Å². The van der Waals surface area contributed by atoms with Crippen molar-refractivity contribution >= 4 is 39.7 Å². The van der Waals surface area contributed by atoms with Gasteiger partial charge in [-0.3, -0.25) is 14.7 Å². The normalized spacial score (nSPS) is 15.3. The molecular formula is C24H28N4O3S2. The third kappa shape index (κ3) is 5.10. The standard InChI is InChI=1S/C24H28N4O3S2/c1-4-31-24(30)28-12-10-27(11-13-28)21(18-7-5-9-25-15-18)20-16(2)17(3)33-23(20)26-22(29)19-8-6-14-32-19/h5-9,14-15,21H,4,10-13H2,1-3H3,(H,26,29)/t21-/m0/s1. The molecule has 1 saturated heterocycles. The Bertz CT molecular complexity index is 1090. The third-order valence-electron chi connectivity index (χ3n) is 5.88. The predicted molar refractivity (Wildman–Crippen MR) is 132 cm³/mol. The molecule has 1 aliphatic rings. The number of carbonyl (C=O) groups is 2. The average Bonchev–Trinajstić information content (AvgIpc) is 3.46. The molecule has 1 N–H and O–H groups in total. The van der Waals surface area contributed by atoms with Crippen LogP contribution in [0.15, 0.2) is 42.0 Å². The molecule has 7 nitrogen and oxygen atoms in total. The fourth-order valence-corrected chi connectivity index (χ4v) is 5.82. The Kier molecular flexibility index (Phi) is 7.42. The molecule has 4 rings (SSSR count). The van der Waals surface area contributed by atoms with Gasteiger partial charge in [-0.05, 0) is 49.4 Å². The first-order chi connectivity index (χ1) is 16.0. The van der Waals surface area contributed by atoms with Crippen LogP contribution in [-0.2, 0) is 4.74 Å². The summed E-state index contributed by atoms with van der Waals surface area (Å²) in [4.78, 5) is 35.4. The molecule has 3 aromatic heterocycles. The molecule has 0 radical (unpaired) electrons. The van der Waals surface area contributed by atoms with Crippen molar-refractivity contribution in [2.45, 2.75) is 26.8 Å². The minimum atomic E-state index is -0.262. The molecule has 1 atom stereocenters. The number of piperazine rings is 1. The number of carbonyl (C=O) groups excluding carboxylic acids is 2. The number of aromatic nitrogens is 1. The molecule has 0 bridgehead atoms. The zero-order valence-corrected chi connectivity index (χ0v) is 20.7. The van der Waals surface area contributed by atoms with E-state index in [1.54, 1.807) is 22.4 Å². The van der Waals surface area contributed by atoms with Crippen molar-refractivity contribution in [3.8, 4) is 0 Å². The van der Waals surface area contributed by atoms with Gasteiger partial charge in [0.25, 0.3) is 5.91 Å². The van der Waals surface area contributed by atoms with Crippen molar-refractivity contribution in [2.75, 3.05) is 38.1 Å². The van der Waals surface area contributed by atoms with E-state index in [4.69, 9.17) is 4.74 Å². The third-order valence-corrected chi connectivity index (χ3v) is 7.89. The number of nitrogens with zero attached hydrogens (tertiary/aromatic N) is 3. The molecule has 174 valence electrons. The Morgan fingerprint density at radius 2 is 1.97 bits per heavy atom. The Labute approximate surface area is 202 Å². The molecule has 0 saturated carbocycles. The van der Waals surface area contributed by atoms with Gasteiger partial charge in [0.05, 0.1) is 17.5 Å². The van der Waals surface area contributed by atoms with Crippen LogP contribution in [0.2, 0.25) is 0 Å². The highest BCUT2D eigenvalue weighted by Gasteiger charge is 2.33. The molecule has 3 aromatic rings. The maximum absolute atomic E-state index is 12.9. The van der Waals surface area contributed by atoms with Crippen molar-refractivity contribution in [3.63, 3.8) is 0 Å². The summed E-state index contributed by atoms with van der Waals surface area (Å²) in [6.45, 7) is 8.97. The van der Waals surface area contributed by atoms with Crippen LogP contribution >= 0.6 is 22.7 Å². The van der Waals surface area contributed by atoms with Crippen molar-refractivity contribution in [3.05, 3.63) is 68.5 Å². The summed E-state index contributed by atoms with van der Waals surface area (Å²) in [5.74, 6) is -0.0930. The Morgan fingerprint density at radius 1 is 1.18 bits per heavy atom. The number of pyridine rings is 1. The lowest BCUT2D eigenvalue weighted by Crippen LogP contribution is -2.50. The largest absolute Gasteiger partial charge is 0.450 e. The van der Waals surface area contributed by atoms with Gasteiger partial charge in [-0.15, -0.1) is 22.7 Å². The highest BCUT2D eigenvalue weighted by Crippen LogP contribution is 2.42. The first-order valence-electron chi connectivity index (χ1n) is 11.0. The molecule has 9 heteroatoms. The van der Waals surface area contributed by atoms with Crippen LogP contribution in [0.1, 0.15) is 44.2 Å². The van der Waals surface area contributed by atoms with Crippen LogP contribution in [0.3, 0.4) is 0 Å². The Balaban J connectivity index is 1.66. The zero-order valence-electron chi connectivity index (χ0n) is 19.0. The molecule has 1 fully saturated rings. The quantitative estimate of drug-likeness (QED) is 0.537. The number of amides is 2. The van der Waals surface area contributed by atoms with Gasteiger partial charge in [0.2, 0.25) is 0 Å². The number of anilines is 1. The highest BCUT2D eigenvalue weighted by molar-refractivity contribution is 7.17. The van der Waals surface area contributed by atoms with E-state index < -0.39 is 0 Å². The Morgan fingerprint density at radius 3 is 2.61 bits per heavy atom. The molecule has 0 aliphatic carbocycles. The summed E-state index contributed by atoms with van der Waals surface area (Å²) in [7, 11) is 0. The number of nitrogens with one attached hydrogen (secondary N) is 1. The second kappa shape index (κ2) is 10.5. The summed E-state index contributed by atoms with van der Waals surface area (Å²) >= 11 is 3.04. The minimum absolute atomic E-state index is 0.0772. The summed E-state index contributed by atoms with van der Waals surface area (Å²) in [6, 6.07) is 7.65. The van der Waals surface area contributed by atoms with Gasteiger partial charge in [0.1, 0.15) is 5.00 Å². The number of hydrogen-bond donors (Lipinski definition) is 1. The number of ether oxygens (including phenoxy) is 1. The van der Waals surface area contributed by atoms with E-state index in [-0.39, 0.29) is 18.0 Å². The van der Waals surface area contributed by atoms with E-state index in [1.807, 2.05) is 36.7 Å². The molecule has 0 unspecified atom stereocenters. The predicted octanol–water partition coefficient (Wildman–Crippen LogP) is 4.94. The number of thiophene rings is 2. The van der Waals surface area contributed by atoms with E-state index in [0.717, 1.165) is 16.1 Å². The second-order valence-corrected chi connectivity index (χ2v) is 10.0. The number of rotatable bonds is 6. The van der Waals surface area contributed by atoms with Crippen LogP contribution in [0.4, 0.5) is 9.80 Å². The maximum atomic E-state index is 12.9. The van der Waals surface area contributed by atoms with Gasteiger partial charge in [0, 0.05) is 49.0 Å². The SMILES string of the molecule is CCOC(=O)N1CCN([C@@H](c2cccnc2)c2c(NC(=O)c3cccs3)sc(C)c2C)CC1.